The Balaban J connectivity index is 2.19. The molecule has 0 aliphatic rings. The summed E-state index contributed by atoms with van der Waals surface area (Å²) < 4.78 is 2.23. The highest BCUT2D eigenvalue weighted by Gasteiger charge is 2.17. The summed E-state index contributed by atoms with van der Waals surface area (Å²) in [4.78, 5) is 4.61. The Hall–Kier alpha value is -2.13. The molecule has 2 N–H and O–H groups in total. The van der Waals surface area contributed by atoms with Crippen LogP contribution in [-0.4, -0.2) is 16.1 Å². The number of fused-ring (bicyclic) bond motifs is 1. The van der Waals surface area contributed by atoms with Crippen LogP contribution in [0.4, 0.5) is 0 Å². The van der Waals surface area contributed by atoms with Crippen molar-refractivity contribution in [1.82, 2.24) is 9.55 Å². The van der Waals surface area contributed by atoms with E-state index in [4.69, 9.17) is 5.73 Å². The minimum absolute atomic E-state index is 0.133. The van der Waals surface area contributed by atoms with Gasteiger partial charge in [0.15, 0.2) is 0 Å². The van der Waals surface area contributed by atoms with Gasteiger partial charge in [-0.1, -0.05) is 42.5 Å². The number of nitrogens with zero attached hydrogens (tertiary/aromatic N) is 2. The molecule has 3 heteroatoms. The highest BCUT2D eigenvalue weighted by atomic mass is 15.1. The molecule has 0 aliphatic carbocycles. The number of para-hydroxylation sites is 2. The van der Waals surface area contributed by atoms with Gasteiger partial charge in [-0.2, -0.15) is 0 Å². The maximum absolute atomic E-state index is 6.01. The summed E-state index contributed by atoms with van der Waals surface area (Å²) in [5.74, 6) is 1.00. The lowest BCUT2D eigenvalue weighted by Gasteiger charge is -2.19. The van der Waals surface area contributed by atoms with Crippen molar-refractivity contribution in [3.8, 4) is 0 Å². The van der Waals surface area contributed by atoms with E-state index in [2.05, 4.69) is 27.8 Å². The third kappa shape index (κ3) is 2.02. The Morgan fingerprint density at radius 2 is 1.74 bits per heavy atom. The van der Waals surface area contributed by atoms with Crippen molar-refractivity contribution in [2.75, 3.05) is 6.54 Å². The minimum atomic E-state index is 0.133. The molecule has 0 spiro atoms. The summed E-state index contributed by atoms with van der Waals surface area (Å²) >= 11 is 0. The molecule has 2 aromatic carbocycles. The Bertz CT molecular complexity index is 686. The van der Waals surface area contributed by atoms with Crippen molar-refractivity contribution in [2.45, 2.75) is 13.0 Å². The van der Waals surface area contributed by atoms with Crippen molar-refractivity contribution in [1.29, 1.82) is 0 Å². The number of hydrogen-bond acceptors (Lipinski definition) is 2. The van der Waals surface area contributed by atoms with E-state index in [1.165, 1.54) is 5.56 Å². The number of imidazole rings is 1. The Morgan fingerprint density at radius 3 is 2.47 bits per heavy atom. The van der Waals surface area contributed by atoms with Gasteiger partial charge < -0.3 is 10.3 Å². The SMILES string of the molecule is Cc1nc2ccccc2n1C(CN)c1ccccc1. The van der Waals surface area contributed by atoms with E-state index >= 15 is 0 Å². The van der Waals surface area contributed by atoms with Crippen molar-refractivity contribution in [3.63, 3.8) is 0 Å². The van der Waals surface area contributed by atoms with E-state index in [0.717, 1.165) is 16.9 Å². The molecule has 0 aliphatic heterocycles. The molecule has 96 valence electrons. The molecule has 0 bridgehead atoms. The predicted molar refractivity (Wildman–Crippen MR) is 78.1 cm³/mol. The zero-order valence-corrected chi connectivity index (χ0v) is 11.0. The third-order valence-corrected chi connectivity index (χ3v) is 3.49. The number of benzene rings is 2. The molecular formula is C16H17N3. The Kier molecular flexibility index (Phi) is 3.05. The second-order valence-electron chi connectivity index (χ2n) is 4.68. The summed E-state index contributed by atoms with van der Waals surface area (Å²) in [6.07, 6.45) is 0. The standard InChI is InChI=1S/C16H17N3/c1-12-18-14-9-5-6-10-15(14)19(12)16(11-17)13-7-3-2-4-8-13/h2-10,16H,11,17H2,1H3. The summed E-state index contributed by atoms with van der Waals surface area (Å²) in [6.45, 7) is 2.59. The van der Waals surface area contributed by atoms with Crippen LogP contribution >= 0.6 is 0 Å². The molecule has 1 heterocycles. The van der Waals surface area contributed by atoms with Crippen LogP contribution < -0.4 is 5.73 Å². The zero-order valence-electron chi connectivity index (χ0n) is 11.0. The fourth-order valence-electron chi connectivity index (χ4n) is 2.62. The van der Waals surface area contributed by atoms with Gasteiger partial charge in [-0.3, -0.25) is 0 Å². The molecule has 1 atom stereocenters. The molecule has 0 amide bonds. The fourth-order valence-corrected chi connectivity index (χ4v) is 2.62. The van der Waals surface area contributed by atoms with Crippen molar-refractivity contribution in [3.05, 3.63) is 66.0 Å². The van der Waals surface area contributed by atoms with Gasteiger partial charge in [0.05, 0.1) is 17.1 Å². The fraction of sp³-hybridized carbons (Fsp3) is 0.188. The van der Waals surface area contributed by atoms with Gasteiger partial charge in [0.25, 0.3) is 0 Å². The van der Waals surface area contributed by atoms with Crippen LogP contribution in [0.5, 0.6) is 0 Å². The average Bonchev–Trinajstić information content (AvgIpc) is 2.78. The smallest absolute Gasteiger partial charge is 0.107 e. The molecule has 19 heavy (non-hydrogen) atoms. The predicted octanol–water partition coefficient (Wildman–Crippen LogP) is 2.89. The van der Waals surface area contributed by atoms with E-state index in [-0.39, 0.29) is 6.04 Å². The molecule has 0 radical (unpaired) electrons. The summed E-state index contributed by atoms with van der Waals surface area (Å²) in [7, 11) is 0. The van der Waals surface area contributed by atoms with Crippen LogP contribution in [0.1, 0.15) is 17.4 Å². The largest absolute Gasteiger partial charge is 0.328 e. The first kappa shape index (κ1) is 11.9. The van der Waals surface area contributed by atoms with Crippen LogP contribution in [-0.2, 0) is 0 Å². The van der Waals surface area contributed by atoms with Gasteiger partial charge in [-0.15, -0.1) is 0 Å². The first-order valence-corrected chi connectivity index (χ1v) is 6.50. The average molecular weight is 251 g/mol. The molecule has 3 aromatic rings. The Morgan fingerprint density at radius 1 is 1.05 bits per heavy atom. The maximum Gasteiger partial charge on any atom is 0.107 e. The zero-order chi connectivity index (χ0) is 13.2. The lowest BCUT2D eigenvalue weighted by atomic mass is 10.1. The molecule has 0 saturated carbocycles. The first-order chi connectivity index (χ1) is 9.31. The van der Waals surface area contributed by atoms with Crippen LogP contribution in [0.3, 0.4) is 0 Å². The number of hydrogen-bond donors (Lipinski definition) is 1. The summed E-state index contributed by atoms with van der Waals surface area (Å²) in [5, 5.41) is 0. The third-order valence-electron chi connectivity index (χ3n) is 3.49. The molecule has 3 nitrogen and oxygen atoms in total. The van der Waals surface area contributed by atoms with Crippen LogP contribution in [0.15, 0.2) is 54.6 Å². The summed E-state index contributed by atoms with van der Waals surface area (Å²) in [6, 6.07) is 18.7. The summed E-state index contributed by atoms with van der Waals surface area (Å²) in [5.41, 5.74) is 9.39. The number of aromatic nitrogens is 2. The molecule has 0 fully saturated rings. The van der Waals surface area contributed by atoms with Gasteiger partial charge in [0, 0.05) is 6.54 Å². The molecule has 1 aromatic heterocycles. The molecular weight excluding hydrogens is 234 g/mol. The van der Waals surface area contributed by atoms with Gasteiger partial charge >= 0.3 is 0 Å². The van der Waals surface area contributed by atoms with E-state index in [9.17, 15) is 0 Å². The van der Waals surface area contributed by atoms with E-state index in [1.54, 1.807) is 0 Å². The normalized spacial score (nSPS) is 12.7. The number of rotatable bonds is 3. The highest BCUT2D eigenvalue weighted by molar-refractivity contribution is 5.76. The Labute approximate surface area is 112 Å². The molecule has 0 saturated heterocycles. The number of nitrogens with two attached hydrogens (primary N) is 1. The van der Waals surface area contributed by atoms with Gasteiger partial charge in [-0.05, 0) is 24.6 Å². The van der Waals surface area contributed by atoms with Crippen LogP contribution in [0, 0.1) is 6.92 Å². The number of aryl methyl sites for hydroxylation is 1. The second kappa shape index (κ2) is 4.86. The monoisotopic (exact) mass is 251 g/mol. The quantitative estimate of drug-likeness (QED) is 0.778. The molecule has 3 rings (SSSR count). The van der Waals surface area contributed by atoms with Gasteiger partial charge in [0.2, 0.25) is 0 Å². The van der Waals surface area contributed by atoms with Gasteiger partial charge in [-0.25, -0.2) is 4.98 Å². The maximum atomic E-state index is 6.01. The lowest BCUT2D eigenvalue weighted by Crippen LogP contribution is -2.21. The van der Waals surface area contributed by atoms with E-state index < -0.39 is 0 Å². The molecule has 1 unspecified atom stereocenters. The van der Waals surface area contributed by atoms with Crippen LogP contribution in [0.2, 0.25) is 0 Å². The van der Waals surface area contributed by atoms with Crippen molar-refractivity contribution < 1.29 is 0 Å². The van der Waals surface area contributed by atoms with E-state index in [0.29, 0.717) is 6.54 Å². The highest BCUT2D eigenvalue weighted by Crippen LogP contribution is 2.25. The van der Waals surface area contributed by atoms with Crippen LogP contribution in [0.25, 0.3) is 11.0 Å². The van der Waals surface area contributed by atoms with Gasteiger partial charge in [0.1, 0.15) is 5.82 Å². The van der Waals surface area contributed by atoms with E-state index in [1.807, 2.05) is 43.3 Å². The van der Waals surface area contributed by atoms with Crippen molar-refractivity contribution >= 4 is 11.0 Å². The second-order valence-corrected chi connectivity index (χ2v) is 4.68. The lowest BCUT2D eigenvalue weighted by molar-refractivity contribution is 0.594. The topological polar surface area (TPSA) is 43.8 Å². The first-order valence-electron chi connectivity index (χ1n) is 6.50. The van der Waals surface area contributed by atoms with Crippen molar-refractivity contribution in [2.24, 2.45) is 5.73 Å². The minimum Gasteiger partial charge on any atom is -0.328 e.